The number of rotatable bonds is 7. The Bertz CT molecular complexity index is 389. The summed E-state index contributed by atoms with van der Waals surface area (Å²) in [7, 11) is -3.39. The van der Waals surface area contributed by atoms with Gasteiger partial charge in [0.15, 0.2) is 0 Å². The van der Waals surface area contributed by atoms with Crippen LogP contribution in [0.5, 0.6) is 0 Å². The van der Waals surface area contributed by atoms with Crippen molar-refractivity contribution in [3.63, 3.8) is 0 Å². The lowest BCUT2D eigenvalue weighted by molar-refractivity contribution is -0.149. The smallest absolute Gasteiger partial charge is 0.309 e. The molecule has 0 amide bonds. The van der Waals surface area contributed by atoms with Crippen LogP contribution in [0.4, 0.5) is 0 Å². The van der Waals surface area contributed by atoms with E-state index in [2.05, 4.69) is 0 Å². The highest BCUT2D eigenvalue weighted by Crippen LogP contribution is 2.46. The molecule has 0 aromatic rings. The van der Waals surface area contributed by atoms with Crippen LogP contribution in [0.2, 0.25) is 0 Å². The van der Waals surface area contributed by atoms with Crippen LogP contribution in [0.25, 0.3) is 0 Å². The van der Waals surface area contributed by atoms with Gasteiger partial charge in [-0.3, -0.25) is 8.98 Å². The summed E-state index contributed by atoms with van der Waals surface area (Å²) in [5.41, 5.74) is -0.593. The normalized spacial score (nSPS) is 28.4. The second-order valence-corrected chi connectivity index (χ2v) is 6.90. The molecule has 0 saturated heterocycles. The average Bonchev–Trinajstić information content (AvgIpc) is 2.61. The maximum Gasteiger partial charge on any atom is 0.309 e. The highest BCUT2D eigenvalue weighted by atomic mass is 32.2. The Hall–Kier alpha value is -0.620. The number of carboxylic acid groups (broad SMARTS) is 1. The van der Waals surface area contributed by atoms with E-state index in [4.69, 9.17) is 4.18 Å². The molecule has 1 aliphatic carbocycles. The molecule has 1 N–H and O–H groups in total. The first-order chi connectivity index (χ1) is 8.29. The van der Waals surface area contributed by atoms with Gasteiger partial charge >= 0.3 is 5.97 Å². The van der Waals surface area contributed by atoms with E-state index in [0.717, 1.165) is 19.1 Å². The lowest BCUT2D eigenvalue weighted by atomic mass is 9.81. The quantitative estimate of drug-likeness (QED) is 0.721. The Labute approximate surface area is 109 Å². The van der Waals surface area contributed by atoms with Crippen LogP contribution < -0.4 is 0 Å². The van der Waals surface area contributed by atoms with Crippen molar-refractivity contribution in [3.05, 3.63) is 0 Å². The lowest BCUT2D eigenvalue weighted by Crippen LogP contribution is -2.28. The Morgan fingerprint density at radius 2 is 2.17 bits per heavy atom. The van der Waals surface area contributed by atoms with Gasteiger partial charge in [-0.1, -0.05) is 13.3 Å². The molecule has 0 aromatic carbocycles. The second kappa shape index (κ2) is 6.02. The summed E-state index contributed by atoms with van der Waals surface area (Å²) in [5, 5.41) is 9.34. The summed E-state index contributed by atoms with van der Waals surface area (Å²) in [4.78, 5) is 11.4. The monoisotopic (exact) mass is 278 g/mol. The van der Waals surface area contributed by atoms with E-state index in [1.54, 1.807) is 0 Å². The standard InChI is InChI=1S/C12H22O5S/c1-3-6-12(11(13)14)7-4-10(9-12)5-8-17-18(2,15)16/h10H,3-9H2,1-2H3,(H,13,14). The fourth-order valence-electron chi connectivity index (χ4n) is 2.86. The third-order valence-corrected chi connectivity index (χ3v) is 4.31. The molecule has 6 heteroatoms. The zero-order valence-electron chi connectivity index (χ0n) is 11.0. The van der Waals surface area contributed by atoms with Gasteiger partial charge in [0.25, 0.3) is 10.1 Å². The third kappa shape index (κ3) is 4.24. The van der Waals surface area contributed by atoms with E-state index in [9.17, 15) is 18.3 Å². The van der Waals surface area contributed by atoms with E-state index >= 15 is 0 Å². The van der Waals surface area contributed by atoms with Crippen molar-refractivity contribution in [2.45, 2.75) is 45.4 Å². The van der Waals surface area contributed by atoms with Gasteiger partial charge in [-0.25, -0.2) is 0 Å². The minimum atomic E-state index is -3.39. The van der Waals surface area contributed by atoms with E-state index in [-0.39, 0.29) is 12.5 Å². The van der Waals surface area contributed by atoms with Gasteiger partial charge in [-0.15, -0.1) is 0 Å². The van der Waals surface area contributed by atoms with Gasteiger partial charge in [0.05, 0.1) is 18.3 Å². The predicted octanol–water partition coefficient (Wildman–Crippen LogP) is 2.02. The average molecular weight is 278 g/mol. The third-order valence-electron chi connectivity index (χ3n) is 3.72. The van der Waals surface area contributed by atoms with Crippen molar-refractivity contribution in [1.29, 1.82) is 0 Å². The molecule has 18 heavy (non-hydrogen) atoms. The minimum Gasteiger partial charge on any atom is -0.481 e. The van der Waals surface area contributed by atoms with Crippen LogP contribution in [-0.4, -0.2) is 32.4 Å². The first-order valence-corrected chi connectivity index (χ1v) is 8.18. The van der Waals surface area contributed by atoms with Gasteiger partial charge in [0, 0.05) is 0 Å². The van der Waals surface area contributed by atoms with Gasteiger partial charge in [-0.2, -0.15) is 8.42 Å². The van der Waals surface area contributed by atoms with Crippen LogP contribution in [-0.2, 0) is 19.1 Å². The van der Waals surface area contributed by atoms with Crippen molar-refractivity contribution in [1.82, 2.24) is 0 Å². The fourth-order valence-corrected chi connectivity index (χ4v) is 3.26. The molecule has 5 nitrogen and oxygen atoms in total. The molecule has 1 saturated carbocycles. The number of hydrogen-bond donors (Lipinski definition) is 1. The summed E-state index contributed by atoms with van der Waals surface area (Å²) in [6.45, 7) is 2.15. The number of aliphatic carboxylic acids is 1. The Morgan fingerprint density at radius 3 is 2.67 bits per heavy atom. The summed E-state index contributed by atoms with van der Waals surface area (Å²) in [5.74, 6) is -0.453. The predicted molar refractivity (Wildman–Crippen MR) is 67.7 cm³/mol. The summed E-state index contributed by atoms with van der Waals surface area (Å²) >= 11 is 0. The van der Waals surface area contributed by atoms with Crippen molar-refractivity contribution in [2.75, 3.05) is 12.9 Å². The lowest BCUT2D eigenvalue weighted by Gasteiger charge is -2.23. The molecule has 0 aromatic heterocycles. The molecule has 1 fully saturated rings. The fraction of sp³-hybridized carbons (Fsp3) is 0.917. The molecule has 106 valence electrons. The minimum absolute atomic E-state index is 0.158. The number of hydrogen-bond acceptors (Lipinski definition) is 4. The van der Waals surface area contributed by atoms with Crippen LogP contribution in [0.15, 0.2) is 0 Å². The highest BCUT2D eigenvalue weighted by Gasteiger charge is 2.44. The van der Waals surface area contributed by atoms with Gasteiger partial charge < -0.3 is 5.11 Å². The van der Waals surface area contributed by atoms with Gasteiger partial charge in [0.2, 0.25) is 0 Å². The maximum absolute atomic E-state index is 11.4. The maximum atomic E-state index is 11.4. The zero-order chi connectivity index (χ0) is 13.8. The Morgan fingerprint density at radius 1 is 1.50 bits per heavy atom. The molecule has 0 bridgehead atoms. The molecule has 1 rings (SSSR count). The molecular formula is C12H22O5S. The van der Waals surface area contributed by atoms with E-state index in [1.165, 1.54) is 0 Å². The van der Waals surface area contributed by atoms with Crippen molar-refractivity contribution >= 4 is 16.1 Å². The summed E-state index contributed by atoms with van der Waals surface area (Å²) < 4.78 is 26.4. The van der Waals surface area contributed by atoms with Crippen LogP contribution in [0.3, 0.4) is 0 Å². The number of carboxylic acids is 1. The number of carbonyl (C=O) groups is 1. The van der Waals surface area contributed by atoms with Crippen LogP contribution in [0.1, 0.15) is 45.4 Å². The first kappa shape index (κ1) is 15.4. The molecule has 0 aliphatic heterocycles. The van der Waals surface area contributed by atoms with E-state index in [0.29, 0.717) is 25.7 Å². The van der Waals surface area contributed by atoms with Crippen molar-refractivity contribution in [3.8, 4) is 0 Å². The van der Waals surface area contributed by atoms with Crippen molar-refractivity contribution < 1.29 is 22.5 Å². The Balaban J connectivity index is 2.46. The van der Waals surface area contributed by atoms with Crippen LogP contribution >= 0.6 is 0 Å². The summed E-state index contributed by atoms with van der Waals surface area (Å²) in [6, 6.07) is 0. The van der Waals surface area contributed by atoms with E-state index < -0.39 is 21.5 Å². The highest BCUT2D eigenvalue weighted by molar-refractivity contribution is 7.85. The summed E-state index contributed by atoms with van der Waals surface area (Å²) in [6.07, 6.45) is 5.39. The van der Waals surface area contributed by atoms with Crippen LogP contribution in [0, 0.1) is 11.3 Å². The van der Waals surface area contributed by atoms with Crippen molar-refractivity contribution in [2.24, 2.45) is 11.3 Å². The molecule has 0 radical (unpaired) electrons. The second-order valence-electron chi connectivity index (χ2n) is 5.26. The largest absolute Gasteiger partial charge is 0.481 e. The SMILES string of the molecule is CCCC1(C(=O)O)CCC(CCOS(C)(=O)=O)C1. The topological polar surface area (TPSA) is 80.7 Å². The first-order valence-electron chi connectivity index (χ1n) is 6.37. The van der Waals surface area contributed by atoms with Gasteiger partial charge in [0.1, 0.15) is 0 Å². The molecule has 2 atom stereocenters. The zero-order valence-corrected chi connectivity index (χ0v) is 11.8. The molecular weight excluding hydrogens is 256 g/mol. The van der Waals surface area contributed by atoms with Gasteiger partial charge in [-0.05, 0) is 38.0 Å². The van der Waals surface area contributed by atoms with E-state index in [1.807, 2.05) is 6.92 Å². The molecule has 1 aliphatic rings. The molecule has 0 spiro atoms. The Kier molecular flexibility index (Phi) is 5.16. The molecule has 0 heterocycles. The molecule has 2 unspecified atom stereocenters.